The quantitative estimate of drug-likeness (QED) is 0.841. The summed E-state index contributed by atoms with van der Waals surface area (Å²) in [6.45, 7) is 4.09. The van der Waals surface area contributed by atoms with Crippen LogP contribution >= 0.6 is 0 Å². The molecule has 0 atom stereocenters. The summed E-state index contributed by atoms with van der Waals surface area (Å²) in [5.74, 6) is 0.260. The summed E-state index contributed by atoms with van der Waals surface area (Å²) in [6, 6.07) is 5.47. The zero-order valence-electron chi connectivity index (χ0n) is 10.3. The number of carbonyl (C=O) groups is 1. The van der Waals surface area contributed by atoms with Crippen molar-refractivity contribution in [2.24, 2.45) is 0 Å². The van der Waals surface area contributed by atoms with Gasteiger partial charge in [0.25, 0.3) is 0 Å². The van der Waals surface area contributed by atoms with Gasteiger partial charge in [0, 0.05) is 51.6 Å². The maximum absolute atomic E-state index is 11.1. The normalized spacial score (nSPS) is 10.1. The maximum atomic E-state index is 11.1. The number of benzene rings is 1. The fourth-order valence-corrected chi connectivity index (χ4v) is 1.69. The summed E-state index contributed by atoms with van der Waals surface area (Å²) in [6.07, 6.45) is 0.472. The van der Waals surface area contributed by atoms with Crippen LogP contribution in [0.4, 0.5) is 0 Å². The number of fused-ring (bicyclic) bond motifs is 1. The third-order valence-electron chi connectivity index (χ3n) is 2.72. The Bertz CT molecular complexity index is 524. The van der Waals surface area contributed by atoms with E-state index in [2.05, 4.69) is 10.3 Å². The molecular weight excluding hydrogens is 375 g/mol. The molecule has 1 heterocycles. The first-order valence-corrected chi connectivity index (χ1v) is 5.62. The second-order valence-corrected chi connectivity index (χ2v) is 4.08. The number of phenolic OH excluding ortho intramolecular Hbond substituents is 1. The zero-order chi connectivity index (χ0) is 12.4. The van der Waals surface area contributed by atoms with Crippen molar-refractivity contribution in [3.63, 3.8) is 0 Å². The molecule has 0 aliphatic rings. The molecule has 0 fully saturated rings. The van der Waals surface area contributed by atoms with Gasteiger partial charge in [-0.15, -0.1) is 11.2 Å². The Balaban J connectivity index is 0.00000162. The molecule has 1 aromatic heterocycles. The summed E-state index contributed by atoms with van der Waals surface area (Å²) in [4.78, 5) is 15.5. The van der Waals surface area contributed by atoms with Crippen molar-refractivity contribution in [2.45, 2.75) is 26.8 Å². The van der Waals surface area contributed by atoms with Crippen molar-refractivity contribution in [3.05, 3.63) is 29.5 Å². The molecule has 18 heavy (non-hydrogen) atoms. The van der Waals surface area contributed by atoms with Crippen LogP contribution in [-0.2, 0) is 11.3 Å². The molecule has 2 rings (SSSR count). The van der Waals surface area contributed by atoms with Crippen LogP contribution in [0.5, 0.6) is 5.75 Å². The van der Waals surface area contributed by atoms with Gasteiger partial charge in [0.15, 0.2) is 0 Å². The number of amides is 1. The fourth-order valence-electron chi connectivity index (χ4n) is 1.69. The molecule has 99 valence electrons. The first-order chi connectivity index (χ1) is 8.10. The van der Waals surface area contributed by atoms with Crippen LogP contribution in [0.15, 0.2) is 18.2 Å². The van der Waals surface area contributed by atoms with E-state index in [4.69, 9.17) is 0 Å². The zero-order valence-corrected chi connectivity index (χ0v) is 12.4. The molecule has 0 aliphatic carbocycles. The molecule has 4 nitrogen and oxygen atoms in total. The number of rotatable bonds is 3. The van der Waals surface area contributed by atoms with E-state index in [1.807, 2.05) is 26.0 Å². The standard InChI is InChI=1S/C13H15N2O2.Tb/c1-3-13(17)14-7-10-5-9-4-8(2)12(16)6-11(9)15-10;/h4-6,16H,3,7H2,1-2H3,(H,14,17);/q-1;. The number of nitrogens with zero attached hydrogens (tertiary/aromatic N) is 1. The number of phenols is 1. The molecular formula is C13H15N2O2Tb-. The van der Waals surface area contributed by atoms with Crippen LogP contribution in [0.2, 0.25) is 0 Å². The van der Waals surface area contributed by atoms with Gasteiger partial charge in [0.1, 0.15) is 5.75 Å². The average Bonchev–Trinajstić information content (AvgIpc) is 2.68. The van der Waals surface area contributed by atoms with Crippen molar-refractivity contribution in [1.82, 2.24) is 10.3 Å². The number of aromatic nitrogens is 1. The smallest absolute Gasteiger partial charge is 0.219 e. The predicted octanol–water partition coefficient (Wildman–Crippen LogP) is 1.84. The van der Waals surface area contributed by atoms with Gasteiger partial charge < -0.3 is 15.4 Å². The summed E-state index contributed by atoms with van der Waals surface area (Å²) < 4.78 is 0. The number of carbonyl (C=O) groups excluding carboxylic acids is 1. The van der Waals surface area contributed by atoms with Gasteiger partial charge in [-0.05, 0) is 30.0 Å². The molecule has 1 radical (unpaired) electrons. The van der Waals surface area contributed by atoms with E-state index < -0.39 is 0 Å². The van der Waals surface area contributed by atoms with E-state index in [0.29, 0.717) is 13.0 Å². The Morgan fingerprint density at radius 2 is 2.11 bits per heavy atom. The number of hydrogen-bond donors (Lipinski definition) is 2. The van der Waals surface area contributed by atoms with Gasteiger partial charge in [-0.1, -0.05) is 13.0 Å². The van der Waals surface area contributed by atoms with Crippen LogP contribution in [-0.4, -0.2) is 11.0 Å². The summed E-state index contributed by atoms with van der Waals surface area (Å²) in [5, 5.41) is 13.3. The molecule has 0 unspecified atom stereocenters. The number of aryl methyl sites for hydroxylation is 1. The topological polar surface area (TPSA) is 63.4 Å². The van der Waals surface area contributed by atoms with Crippen LogP contribution in [0, 0.1) is 45.5 Å². The molecule has 0 bridgehead atoms. The van der Waals surface area contributed by atoms with E-state index in [0.717, 1.165) is 22.2 Å². The molecule has 0 aliphatic heterocycles. The van der Waals surface area contributed by atoms with E-state index in [1.165, 1.54) is 0 Å². The fraction of sp³-hybridized carbons (Fsp3) is 0.308. The maximum Gasteiger partial charge on any atom is 0.219 e. The largest absolute Gasteiger partial charge is 0.659 e. The van der Waals surface area contributed by atoms with Crippen LogP contribution in [0.1, 0.15) is 24.6 Å². The van der Waals surface area contributed by atoms with Gasteiger partial charge >= 0.3 is 0 Å². The molecule has 2 aromatic rings. The molecule has 5 heteroatoms. The summed E-state index contributed by atoms with van der Waals surface area (Å²) in [5.41, 5.74) is 2.40. The van der Waals surface area contributed by atoms with Crippen LogP contribution in [0.25, 0.3) is 10.9 Å². The van der Waals surface area contributed by atoms with Crippen molar-refractivity contribution >= 4 is 16.8 Å². The Morgan fingerprint density at radius 3 is 2.78 bits per heavy atom. The van der Waals surface area contributed by atoms with Crippen molar-refractivity contribution < 1.29 is 48.5 Å². The third-order valence-corrected chi connectivity index (χ3v) is 2.72. The Hall–Kier alpha value is -0.684. The average molecular weight is 390 g/mol. The second-order valence-electron chi connectivity index (χ2n) is 4.08. The number of nitrogens with one attached hydrogen (secondary N) is 1. The SMILES string of the molecule is CCC(=O)NCc1cc2cc(C)c(O)cc2[n-]1.[Tb]. The Kier molecular flexibility index (Phi) is 5.53. The molecule has 0 saturated carbocycles. The van der Waals surface area contributed by atoms with Gasteiger partial charge in [0.2, 0.25) is 5.91 Å². The van der Waals surface area contributed by atoms with Crippen molar-refractivity contribution in [1.29, 1.82) is 0 Å². The minimum absolute atomic E-state index is 0. The third kappa shape index (κ3) is 3.42. The minimum Gasteiger partial charge on any atom is -0.659 e. The molecule has 0 saturated heterocycles. The summed E-state index contributed by atoms with van der Waals surface area (Å²) in [7, 11) is 0. The van der Waals surface area contributed by atoms with Crippen LogP contribution in [0.3, 0.4) is 0 Å². The monoisotopic (exact) mass is 390 g/mol. The summed E-state index contributed by atoms with van der Waals surface area (Å²) >= 11 is 0. The molecule has 1 aromatic carbocycles. The first-order valence-electron chi connectivity index (χ1n) is 5.62. The number of hydrogen-bond acceptors (Lipinski definition) is 2. The van der Waals surface area contributed by atoms with Gasteiger partial charge in [-0.2, -0.15) is 0 Å². The van der Waals surface area contributed by atoms with Crippen molar-refractivity contribution in [2.75, 3.05) is 0 Å². The predicted molar refractivity (Wildman–Crippen MR) is 65.8 cm³/mol. The second kappa shape index (κ2) is 6.47. The molecule has 1 amide bonds. The Labute approximate surface area is 137 Å². The van der Waals surface area contributed by atoms with E-state index in [9.17, 15) is 9.90 Å². The van der Waals surface area contributed by atoms with E-state index in [-0.39, 0.29) is 50.3 Å². The molecule has 2 N–H and O–H groups in total. The van der Waals surface area contributed by atoms with Crippen LogP contribution < -0.4 is 10.3 Å². The number of aromatic hydroxyl groups is 1. The van der Waals surface area contributed by atoms with Gasteiger partial charge in [-0.3, -0.25) is 4.79 Å². The van der Waals surface area contributed by atoms with Crippen molar-refractivity contribution in [3.8, 4) is 5.75 Å². The Morgan fingerprint density at radius 1 is 1.39 bits per heavy atom. The van der Waals surface area contributed by atoms with Gasteiger partial charge in [0.05, 0.1) is 0 Å². The van der Waals surface area contributed by atoms with E-state index in [1.54, 1.807) is 6.07 Å². The van der Waals surface area contributed by atoms with E-state index >= 15 is 0 Å². The first kappa shape index (κ1) is 15.4. The van der Waals surface area contributed by atoms with Gasteiger partial charge in [-0.25, -0.2) is 0 Å². The molecule has 0 spiro atoms. The minimum atomic E-state index is 0.